The fourth-order valence-electron chi connectivity index (χ4n) is 4.75. The Morgan fingerprint density at radius 2 is 1.79 bits per heavy atom. The predicted octanol–water partition coefficient (Wildman–Crippen LogP) is 6.71. The summed E-state index contributed by atoms with van der Waals surface area (Å²) in [5.74, 6) is -0.876. The lowest BCUT2D eigenvalue weighted by atomic mass is 9.82. The lowest BCUT2D eigenvalue weighted by molar-refractivity contribution is -0.140. The van der Waals surface area contributed by atoms with Gasteiger partial charge in [0.05, 0.1) is 23.1 Å². The number of aromatic hydroxyl groups is 1. The number of phenols is 1. The highest BCUT2D eigenvalue weighted by Crippen LogP contribution is 2.35. The van der Waals surface area contributed by atoms with E-state index in [1.807, 2.05) is 13.8 Å². The first-order chi connectivity index (χ1) is 19.9. The highest BCUT2D eigenvalue weighted by Gasteiger charge is 2.36. The predicted molar refractivity (Wildman–Crippen MR) is 149 cm³/mol. The molecule has 0 aliphatic carbocycles. The van der Waals surface area contributed by atoms with Crippen molar-refractivity contribution in [1.29, 1.82) is 0 Å². The third-order valence-corrected chi connectivity index (χ3v) is 6.92. The van der Waals surface area contributed by atoms with E-state index in [1.54, 1.807) is 36.5 Å². The molecule has 0 saturated heterocycles. The number of halogens is 4. The second kappa shape index (κ2) is 11.2. The summed E-state index contributed by atoms with van der Waals surface area (Å²) in [6.07, 6.45) is -1.05. The molecule has 1 amide bonds. The first-order valence-corrected chi connectivity index (χ1v) is 13.2. The molecular weight excluding hydrogens is 550 g/mol. The molecule has 5 rings (SSSR count). The Balaban J connectivity index is 1.33. The summed E-state index contributed by atoms with van der Waals surface area (Å²) < 4.78 is 56.7. The van der Waals surface area contributed by atoms with Crippen LogP contribution in [0.3, 0.4) is 0 Å². The van der Waals surface area contributed by atoms with Gasteiger partial charge in [-0.2, -0.15) is 18.3 Å². The summed E-state index contributed by atoms with van der Waals surface area (Å²) in [6, 6.07) is 16.7. The van der Waals surface area contributed by atoms with Gasteiger partial charge in [0.2, 0.25) is 0 Å². The van der Waals surface area contributed by atoms with Gasteiger partial charge in [0.15, 0.2) is 11.3 Å². The number of aromatic nitrogens is 4. The molecule has 42 heavy (non-hydrogen) atoms. The Hall–Kier alpha value is -4.80. The Kier molecular flexibility index (Phi) is 7.68. The maximum Gasteiger partial charge on any atom is 0.434 e. The van der Waals surface area contributed by atoms with Crippen LogP contribution in [-0.4, -0.2) is 37.1 Å². The minimum Gasteiger partial charge on any atom is -0.507 e. The maximum absolute atomic E-state index is 14.9. The van der Waals surface area contributed by atoms with Gasteiger partial charge in [0.25, 0.3) is 5.91 Å². The van der Waals surface area contributed by atoms with Crippen LogP contribution in [0.4, 0.5) is 17.6 Å². The van der Waals surface area contributed by atoms with Gasteiger partial charge in [-0.25, -0.2) is 13.9 Å². The third kappa shape index (κ3) is 6.24. The van der Waals surface area contributed by atoms with E-state index in [-0.39, 0.29) is 39.7 Å². The van der Waals surface area contributed by atoms with Crippen LogP contribution in [0.25, 0.3) is 28.2 Å². The summed E-state index contributed by atoms with van der Waals surface area (Å²) in [4.78, 5) is 20.4. The minimum atomic E-state index is -4.64. The zero-order valence-corrected chi connectivity index (χ0v) is 22.8. The van der Waals surface area contributed by atoms with Crippen LogP contribution in [0.1, 0.15) is 41.9 Å². The van der Waals surface area contributed by atoms with Gasteiger partial charge < -0.3 is 10.4 Å². The summed E-state index contributed by atoms with van der Waals surface area (Å²) in [5, 5.41) is 17.0. The molecule has 2 aromatic carbocycles. The molecular formula is C31H27F4N5O2. The van der Waals surface area contributed by atoms with Crippen LogP contribution >= 0.6 is 0 Å². The number of rotatable bonds is 8. The van der Waals surface area contributed by atoms with Crippen molar-refractivity contribution in [2.24, 2.45) is 5.41 Å². The molecule has 3 heterocycles. The van der Waals surface area contributed by atoms with Crippen molar-refractivity contribution in [2.75, 3.05) is 6.54 Å². The average molecular weight is 578 g/mol. The number of carbonyl (C=O) groups excluding carboxylic acids is 1. The summed E-state index contributed by atoms with van der Waals surface area (Å²) >= 11 is 0. The summed E-state index contributed by atoms with van der Waals surface area (Å²) in [6.45, 7) is 4.26. The van der Waals surface area contributed by atoms with Gasteiger partial charge in [-0.15, -0.1) is 0 Å². The highest BCUT2D eigenvalue weighted by atomic mass is 19.4. The largest absolute Gasteiger partial charge is 0.507 e. The van der Waals surface area contributed by atoms with E-state index >= 15 is 0 Å². The number of hydrogen-bond donors (Lipinski definition) is 2. The van der Waals surface area contributed by atoms with Crippen LogP contribution in [-0.2, 0) is 12.6 Å². The van der Waals surface area contributed by atoms with Crippen LogP contribution in [0.2, 0.25) is 0 Å². The molecule has 0 saturated carbocycles. The number of phenolic OH excluding ortho intramolecular Hbond substituents is 1. The van der Waals surface area contributed by atoms with Gasteiger partial charge >= 0.3 is 6.18 Å². The normalized spacial score (nSPS) is 12.0. The molecule has 5 aromatic rings. The quantitative estimate of drug-likeness (QED) is 0.200. The van der Waals surface area contributed by atoms with Crippen molar-refractivity contribution in [3.05, 3.63) is 102 Å². The van der Waals surface area contributed by atoms with E-state index in [0.29, 0.717) is 41.9 Å². The van der Waals surface area contributed by atoms with Crippen LogP contribution in [0, 0.1) is 11.2 Å². The first-order valence-electron chi connectivity index (χ1n) is 13.2. The number of pyridine rings is 1. The van der Waals surface area contributed by atoms with E-state index in [0.717, 1.165) is 6.20 Å². The molecule has 11 heteroatoms. The van der Waals surface area contributed by atoms with Gasteiger partial charge in [-0.05, 0) is 78.4 Å². The van der Waals surface area contributed by atoms with Gasteiger partial charge in [0, 0.05) is 23.9 Å². The Bertz CT molecular complexity index is 1760. The number of benzene rings is 2. The molecule has 0 bridgehead atoms. The molecule has 0 atom stereocenters. The number of hydrogen-bond acceptors (Lipinski definition) is 5. The number of amides is 1. The molecule has 216 valence electrons. The number of carbonyl (C=O) groups is 1. The van der Waals surface area contributed by atoms with Crippen molar-refractivity contribution in [1.82, 2.24) is 24.9 Å². The van der Waals surface area contributed by atoms with Crippen molar-refractivity contribution in [3.8, 4) is 28.3 Å². The molecule has 0 unspecified atom stereocenters. The number of nitrogens with one attached hydrogen (secondary N) is 1. The Morgan fingerprint density at radius 3 is 2.55 bits per heavy atom. The molecule has 0 radical (unpaired) electrons. The minimum absolute atomic E-state index is 0.0861. The molecule has 3 aromatic heterocycles. The Labute approximate surface area is 238 Å². The zero-order valence-electron chi connectivity index (χ0n) is 22.8. The number of nitrogens with zero attached hydrogens (tertiary/aromatic N) is 4. The smallest absolute Gasteiger partial charge is 0.434 e. The lowest BCUT2D eigenvalue weighted by Gasteiger charge is -2.25. The van der Waals surface area contributed by atoms with Gasteiger partial charge in [-0.1, -0.05) is 26.0 Å². The lowest BCUT2D eigenvalue weighted by Crippen LogP contribution is -2.29. The van der Waals surface area contributed by atoms with Gasteiger partial charge in [0.1, 0.15) is 11.6 Å². The summed E-state index contributed by atoms with van der Waals surface area (Å²) in [5.41, 5.74) is 0.687. The molecule has 7 nitrogen and oxygen atoms in total. The summed E-state index contributed by atoms with van der Waals surface area (Å²) in [7, 11) is 0. The van der Waals surface area contributed by atoms with Crippen molar-refractivity contribution in [3.63, 3.8) is 0 Å². The highest BCUT2D eigenvalue weighted by molar-refractivity contribution is 5.96. The van der Waals surface area contributed by atoms with Gasteiger partial charge in [-0.3, -0.25) is 9.78 Å². The van der Waals surface area contributed by atoms with Crippen molar-refractivity contribution in [2.45, 2.75) is 32.9 Å². The molecule has 0 aliphatic rings. The average Bonchev–Trinajstić information content (AvgIpc) is 3.37. The fourth-order valence-corrected chi connectivity index (χ4v) is 4.75. The monoisotopic (exact) mass is 577 g/mol. The topological polar surface area (TPSA) is 92.4 Å². The van der Waals surface area contributed by atoms with E-state index in [9.17, 15) is 27.5 Å². The number of imidazole rings is 1. The van der Waals surface area contributed by atoms with Crippen LogP contribution in [0.15, 0.2) is 79.1 Å². The maximum atomic E-state index is 14.9. The molecule has 2 N–H and O–H groups in total. The number of para-hydroxylation sites is 1. The Morgan fingerprint density at radius 1 is 1.00 bits per heavy atom. The zero-order chi connectivity index (χ0) is 30.1. The third-order valence-electron chi connectivity index (χ3n) is 6.92. The van der Waals surface area contributed by atoms with Crippen LogP contribution in [0.5, 0.6) is 5.75 Å². The first kappa shape index (κ1) is 28.7. The van der Waals surface area contributed by atoms with E-state index in [2.05, 4.69) is 20.4 Å². The molecule has 0 fully saturated rings. The fraction of sp³-hybridized carbons (Fsp3) is 0.226. The number of fused-ring (bicyclic) bond motifs is 1. The molecule has 0 spiro atoms. The SMILES string of the molecule is CC(C)(CCNC(=O)c1ccccc1O)Cc1cc(-c2cn3nc(-c4cccnc4C(F)(F)F)ccc3n2)ccc1F. The second-order valence-electron chi connectivity index (χ2n) is 10.7. The second-order valence-corrected chi connectivity index (χ2v) is 10.7. The van der Waals surface area contributed by atoms with Crippen LogP contribution < -0.4 is 5.32 Å². The van der Waals surface area contributed by atoms with Crippen molar-refractivity contribution < 1.29 is 27.5 Å². The molecule has 0 aliphatic heterocycles. The number of alkyl halides is 3. The standard InChI is InChI=1S/C31H27F4N5O2/c1-30(2,13-15-37-29(42)22-6-3-4-8-26(22)41)17-20-16-19(9-10-23(20)32)25-18-40-27(38-25)12-11-24(39-40)21-7-5-14-36-28(21)31(33,34)35/h3-12,14,16,18,41H,13,15,17H2,1-2H3,(H,37,42). The van der Waals surface area contributed by atoms with E-state index < -0.39 is 11.9 Å². The van der Waals surface area contributed by atoms with Crippen molar-refractivity contribution >= 4 is 11.6 Å². The van der Waals surface area contributed by atoms with E-state index in [1.165, 1.54) is 40.9 Å². The van der Waals surface area contributed by atoms with E-state index in [4.69, 9.17) is 0 Å².